The highest BCUT2D eigenvalue weighted by molar-refractivity contribution is 7.22. The van der Waals surface area contributed by atoms with Crippen LogP contribution < -0.4 is 15.4 Å². The third kappa shape index (κ3) is 2.68. The van der Waals surface area contributed by atoms with E-state index in [0.717, 1.165) is 27.6 Å². The first-order valence-corrected chi connectivity index (χ1v) is 6.51. The fourth-order valence-corrected chi connectivity index (χ4v) is 2.58. The summed E-state index contributed by atoms with van der Waals surface area (Å²) in [7, 11) is 2.01. The molecule has 0 aliphatic carbocycles. The monoisotopic (exact) mass is 251 g/mol. The van der Waals surface area contributed by atoms with E-state index in [-0.39, 0.29) is 0 Å². The van der Waals surface area contributed by atoms with Crippen LogP contribution in [0.1, 0.15) is 6.92 Å². The Kier molecular flexibility index (Phi) is 3.81. The van der Waals surface area contributed by atoms with Gasteiger partial charge in [0.25, 0.3) is 0 Å². The first kappa shape index (κ1) is 12.1. The number of nitrogens with two attached hydrogens (primary N) is 1. The lowest BCUT2D eigenvalue weighted by molar-refractivity contribution is 0.341. The van der Waals surface area contributed by atoms with Gasteiger partial charge in [0.2, 0.25) is 0 Å². The van der Waals surface area contributed by atoms with Crippen molar-refractivity contribution in [2.75, 3.05) is 31.6 Å². The van der Waals surface area contributed by atoms with Gasteiger partial charge in [0, 0.05) is 20.1 Å². The third-order valence-electron chi connectivity index (χ3n) is 2.45. The van der Waals surface area contributed by atoms with Gasteiger partial charge in [-0.2, -0.15) is 0 Å². The molecule has 2 rings (SSSR count). The number of likely N-dealkylation sites (N-methyl/N-ethyl adjacent to an activating group) is 1. The van der Waals surface area contributed by atoms with Crippen molar-refractivity contribution in [2.24, 2.45) is 5.73 Å². The Bertz CT molecular complexity index is 497. The van der Waals surface area contributed by atoms with Crippen LogP contribution in [0.5, 0.6) is 5.75 Å². The second-order valence-corrected chi connectivity index (χ2v) is 4.78. The molecular formula is C12H17N3OS. The summed E-state index contributed by atoms with van der Waals surface area (Å²) in [4.78, 5) is 6.64. The van der Waals surface area contributed by atoms with E-state index in [1.54, 1.807) is 11.3 Å². The van der Waals surface area contributed by atoms with Crippen LogP contribution in [-0.4, -0.2) is 31.7 Å². The minimum atomic E-state index is 0.636. The van der Waals surface area contributed by atoms with Crippen LogP contribution in [0.2, 0.25) is 0 Å². The van der Waals surface area contributed by atoms with Crippen molar-refractivity contribution in [1.29, 1.82) is 0 Å². The molecule has 5 heteroatoms. The molecule has 4 nitrogen and oxygen atoms in total. The predicted molar refractivity (Wildman–Crippen MR) is 73.1 cm³/mol. The van der Waals surface area contributed by atoms with E-state index in [1.807, 2.05) is 32.2 Å². The highest BCUT2D eigenvalue weighted by Gasteiger charge is 2.08. The molecule has 0 aliphatic heterocycles. The van der Waals surface area contributed by atoms with Crippen LogP contribution in [0.4, 0.5) is 5.13 Å². The third-order valence-corrected chi connectivity index (χ3v) is 3.58. The SMILES string of the molecule is CCOc1ccc2nc(N(C)CCN)sc2c1. The number of hydrogen-bond donors (Lipinski definition) is 1. The number of thiazole rings is 1. The van der Waals surface area contributed by atoms with Crippen LogP contribution in [0, 0.1) is 0 Å². The topological polar surface area (TPSA) is 51.4 Å². The molecular weight excluding hydrogens is 234 g/mol. The van der Waals surface area contributed by atoms with Crippen LogP contribution in [0.15, 0.2) is 18.2 Å². The Labute approximate surface area is 105 Å². The average Bonchev–Trinajstić information content (AvgIpc) is 2.73. The number of ether oxygens (including phenoxy) is 1. The van der Waals surface area contributed by atoms with E-state index in [1.165, 1.54) is 0 Å². The molecule has 0 amide bonds. The quantitative estimate of drug-likeness (QED) is 0.884. The van der Waals surface area contributed by atoms with Crippen molar-refractivity contribution in [3.8, 4) is 5.75 Å². The Balaban J connectivity index is 2.30. The standard InChI is InChI=1S/C12H17N3OS/c1-3-16-9-4-5-10-11(8-9)17-12(14-10)15(2)7-6-13/h4-5,8H,3,6-7,13H2,1-2H3. The molecule has 0 radical (unpaired) electrons. The van der Waals surface area contributed by atoms with Gasteiger partial charge < -0.3 is 15.4 Å². The predicted octanol–water partition coefficient (Wildman–Crippen LogP) is 2.09. The van der Waals surface area contributed by atoms with Crippen LogP contribution in [0.25, 0.3) is 10.2 Å². The molecule has 17 heavy (non-hydrogen) atoms. The molecule has 1 aromatic carbocycles. The van der Waals surface area contributed by atoms with Gasteiger partial charge in [-0.1, -0.05) is 11.3 Å². The maximum Gasteiger partial charge on any atom is 0.186 e. The molecule has 0 aliphatic rings. The number of fused-ring (bicyclic) bond motifs is 1. The number of hydrogen-bond acceptors (Lipinski definition) is 5. The van der Waals surface area contributed by atoms with Crippen LogP contribution in [-0.2, 0) is 0 Å². The maximum atomic E-state index is 5.54. The number of benzene rings is 1. The number of nitrogens with zero attached hydrogens (tertiary/aromatic N) is 2. The summed E-state index contributed by atoms with van der Waals surface area (Å²) >= 11 is 1.66. The van der Waals surface area contributed by atoms with E-state index >= 15 is 0 Å². The van der Waals surface area contributed by atoms with Crippen molar-refractivity contribution in [3.63, 3.8) is 0 Å². The van der Waals surface area contributed by atoms with Crippen molar-refractivity contribution >= 4 is 26.7 Å². The first-order valence-electron chi connectivity index (χ1n) is 5.69. The molecule has 0 fully saturated rings. The van der Waals surface area contributed by atoms with Crippen molar-refractivity contribution in [3.05, 3.63) is 18.2 Å². The molecule has 1 aromatic heterocycles. The van der Waals surface area contributed by atoms with E-state index < -0.39 is 0 Å². The van der Waals surface area contributed by atoms with Crippen molar-refractivity contribution in [1.82, 2.24) is 4.98 Å². The molecule has 0 bridgehead atoms. The minimum Gasteiger partial charge on any atom is -0.494 e. The summed E-state index contributed by atoms with van der Waals surface area (Å²) in [6.07, 6.45) is 0. The molecule has 0 saturated carbocycles. The summed E-state index contributed by atoms with van der Waals surface area (Å²) in [5.74, 6) is 0.900. The molecule has 0 atom stereocenters. The first-order chi connectivity index (χ1) is 8.24. The Morgan fingerprint density at radius 2 is 2.29 bits per heavy atom. The van der Waals surface area contributed by atoms with E-state index in [2.05, 4.69) is 9.88 Å². The highest BCUT2D eigenvalue weighted by atomic mass is 32.1. The maximum absolute atomic E-state index is 5.54. The molecule has 2 N–H and O–H groups in total. The van der Waals surface area contributed by atoms with Gasteiger partial charge in [-0.3, -0.25) is 0 Å². The summed E-state index contributed by atoms with van der Waals surface area (Å²) in [6, 6.07) is 5.99. The second kappa shape index (κ2) is 5.33. The van der Waals surface area contributed by atoms with Gasteiger partial charge >= 0.3 is 0 Å². The lowest BCUT2D eigenvalue weighted by atomic mass is 10.3. The van der Waals surface area contributed by atoms with Gasteiger partial charge in [0.05, 0.1) is 16.8 Å². The summed E-state index contributed by atoms with van der Waals surface area (Å²) in [6.45, 7) is 4.12. The zero-order valence-corrected chi connectivity index (χ0v) is 11.0. The van der Waals surface area contributed by atoms with Gasteiger partial charge in [0.1, 0.15) is 5.75 Å². The highest BCUT2D eigenvalue weighted by Crippen LogP contribution is 2.30. The molecule has 2 aromatic rings. The Morgan fingerprint density at radius 3 is 3.00 bits per heavy atom. The second-order valence-electron chi connectivity index (χ2n) is 3.77. The largest absolute Gasteiger partial charge is 0.494 e. The zero-order valence-electron chi connectivity index (χ0n) is 10.1. The molecule has 92 valence electrons. The van der Waals surface area contributed by atoms with Gasteiger partial charge in [0.15, 0.2) is 5.13 Å². The number of aromatic nitrogens is 1. The van der Waals surface area contributed by atoms with E-state index in [0.29, 0.717) is 13.2 Å². The van der Waals surface area contributed by atoms with Crippen LogP contribution >= 0.6 is 11.3 Å². The van der Waals surface area contributed by atoms with Crippen molar-refractivity contribution < 1.29 is 4.74 Å². The average molecular weight is 251 g/mol. The Morgan fingerprint density at radius 1 is 1.47 bits per heavy atom. The number of anilines is 1. The van der Waals surface area contributed by atoms with Gasteiger partial charge in [-0.05, 0) is 25.1 Å². The number of rotatable bonds is 5. The van der Waals surface area contributed by atoms with Gasteiger partial charge in [-0.15, -0.1) is 0 Å². The molecule has 0 spiro atoms. The fraction of sp³-hybridized carbons (Fsp3) is 0.417. The van der Waals surface area contributed by atoms with E-state index in [9.17, 15) is 0 Å². The smallest absolute Gasteiger partial charge is 0.186 e. The lowest BCUT2D eigenvalue weighted by Crippen LogP contribution is -2.24. The fourth-order valence-electron chi connectivity index (χ4n) is 1.60. The minimum absolute atomic E-state index is 0.636. The zero-order chi connectivity index (χ0) is 12.3. The summed E-state index contributed by atoms with van der Waals surface area (Å²) in [5, 5.41) is 0.999. The molecule has 0 saturated heterocycles. The van der Waals surface area contributed by atoms with Gasteiger partial charge in [-0.25, -0.2) is 4.98 Å². The normalized spacial score (nSPS) is 10.8. The van der Waals surface area contributed by atoms with Crippen molar-refractivity contribution in [2.45, 2.75) is 6.92 Å². The molecule has 0 unspecified atom stereocenters. The summed E-state index contributed by atoms with van der Waals surface area (Å²) < 4.78 is 6.62. The Hall–Kier alpha value is -1.33. The van der Waals surface area contributed by atoms with Crippen LogP contribution in [0.3, 0.4) is 0 Å². The van der Waals surface area contributed by atoms with E-state index in [4.69, 9.17) is 10.5 Å². The lowest BCUT2D eigenvalue weighted by Gasteiger charge is -2.12. The molecule has 1 heterocycles. The summed E-state index contributed by atoms with van der Waals surface area (Å²) in [5.41, 5.74) is 6.55.